The number of aliphatic hydroxyl groups is 1. The Morgan fingerprint density at radius 2 is 1.28 bits per heavy atom. The molecule has 0 heterocycles. The fourth-order valence-corrected chi connectivity index (χ4v) is 2.29. The van der Waals surface area contributed by atoms with Crippen molar-refractivity contribution in [3.05, 3.63) is 69.2 Å². The molecule has 18 heavy (non-hydrogen) atoms. The summed E-state index contributed by atoms with van der Waals surface area (Å²) in [7, 11) is 0. The van der Waals surface area contributed by atoms with Crippen LogP contribution in [0.3, 0.4) is 0 Å². The van der Waals surface area contributed by atoms with E-state index in [1.165, 1.54) is 18.2 Å². The molecule has 0 aliphatic heterocycles. The summed E-state index contributed by atoms with van der Waals surface area (Å²) in [5, 5.41) is 10.4. The maximum Gasteiger partial charge on any atom is 0.132 e. The highest BCUT2D eigenvalue weighted by molar-refractivity contribution is 6.36. The Hall–Kier alpha value is -1.16. The van der Waals surface area contributed by atoms with Gasteiger partial charge in [0, 0.05) is 15.6 Å². The number of aliphatic hydroxyl groups excluding tert-OH is 1. The summed E-state index contributed by atoms with van der Waals surface area (Å²) in [6.07, 6.45) is -1.55. The number of hydrogen-bond donors (Lipinski definition) is 1. The van der Waals surface area contributed by atoms with Gasteiger partial charge in [-0.2, -0.15) is 0 Å². The summed E-state index contributed by atoms with van der Waals surface area (Å²) >= 11 is 11.8. The molecule has 2 aromatic carbocycles. The summed E-state index contributed by atoms with van der Waals surface area (Å²) in [5.41, 5.74) is -0.377. The van der Waals surface area contributed by atoms with Crippen molar-refractivity contribution in [1.82, 2.24) is 0 Å². The molecular formula is C13H8Cl2F2O. The Kier molecular flexibility index (Phi) is 3.85. The van der Waals surface area contributed by atoms with Crippen LogP contribution >= 0.6 is 23.2 Å². The lowest BCUT2D eigenvalue weighted by molar-refractivity contribution is 0.209. The van der Waals surface area contributed by atoms with Crippen LogP contribution in [0.25, 0.3) is 0 Å². The minimum absolute atomic E-state index is 0.0878. The van der Waals surface area contributed by atoms with Gasteiger partial charge in [0.25, 0.3) is 0 Å². The van der Waals surface area contributed by atoms with Crippen molar-refractivity contribution in [3.63, 3.8) is 0 Å². The molecule has 0 aliphatic rings. The Morgan fingerprint density at radius 3 is 1.78 bits per heavy atom. The summed E-state index contributed by atoms with van der Waals surface area (Å²) in [6.45, 7) is 0. The van der Waals surface area contributed by atoms with E-state index in [0.717, 1.165) is 12.1 Å². The molecule has 0 aromatic heterocycles. The molecule has 5 heteroatoms. The highest BCUT2D eigenvalue weighted by atomic mass is 35.5. The van der Waals surface area contributed by atoms with Crippen molar-refractivity contribution in [2.75, 3.05) is 0 Å². The van der Waals surface area contributed by atoms with Crippen LogP contribution in [0.5, 0.6) is 0 Å². The molecule has 94 valence electrons. The highest BCUT2D eigenvalue weighted by Gasteiger charge is 2.23. The minimum atomic E-state index is -1.55. The number of halogens is 4. The van der Waals surface area contributed by atoms with Gasteiger partial charge < -0.3 is 5.11 Å². The van der Waals surface area contributed by atoms with E-state index < -0.39 is 23.3 Å². The van der Waals surface area contributed by atoms with E-state index in [9.17, 15) is 13.9 Å². The second-order valence-electron chi connectivity index (χ2n) is 3.67. The molecule has 1 nitrogen and oxygen atoms in total. The fraction of sp³-hybridized carbons (Fsp3) is 0.0769. The van der Waals surface area contributed by atoms with E-state index in [0.29, 0.717) is 0 Å². The minimum Gasteiger partial charge on any atom is -0.383 e. The van der Waals surface area contributed by atoms with E-state index in [2.05, 4.69) is 0 Å². The molecule has 0 bridgehead atoms. The molecule has 2 aromatic rings. The molecule has 1 N–H and O–H groups in total. The van der Waals surface area contributed by atoms with Crippen LogP contribution in [0.1, 0.15) is 17.2 Å². The van der Waals surface area contributed by atoms with Crippen LogP contribution in [0.2, 0.25) is 10.0 Å². The van der Waals surface area contributed by atoms with Crippen molar-refractivity contribution in [2.24, 2.45) is 0 Å². The first-order valence-electron chi connectivity index (χ1n) is 5.08. The average Bonchev–Trinajstić information content (AvgIpc) is 2.28. The van der Waals surface area contributed by atoms with Gasteiger partial charge in [0.1, 0.15) is 17.7 Å². The van der Waals surface area contributed by atoms with Gasteiger partial charge in [-0.1, -0.05) is 35.3 Å². The van der Waals surface area contributed by atoms with E-state index in [1.807, 2.05) is 0 Å². The maximum atomic E-state index is 13.6. The summed E-state index contributed by atoms with van der Waals surface area (Å²) in [5.74, 6) is -1.70. The van der Waals surface area contributed by atoms with Gasteiger partial charge in [-0.15, -0.1) is 0 Å². The van der Waals surface area contributed by atoms with Crippen molar-refractivity contribution in [1.29, 1.82) is 0 Å². The van der Waals surface area contributed by atoms with Crippen LogP contribution in [0, 0.1) is 11.6 Å². The molecule has 2 rings (SSSR count). The zero-order valence-electron chi connectivity index (χ0n) is 9.00. The lowest BCUT2D eigenvalue weighted by Gasteiger charge is -2.16. The van der Waals surface area contributed by atoms with Crippen LogP contribution in [-0.4, -0.2) is 5.11 Å². The van der Waals surface area contributed by atoms with Gasteiger partial charge in [0.2, 0.25) is 0 Å². The molecule has 0 saturated carbocycles. The molecule has 1 atom stereocenters. The predicted molar refractivity (Wildman–Crippen MR) is 66.9 cm³/mol. The lowest BCUT2D eigenvalue weighted by atomic mass is 10.0. The van der Waals surface area contributed by atoms with Gasteiger partial charge in [-0.05, 0) is 24.3 Å². The molecule has 0 fully saturated rings. The van der Waals surface area contributed by atoms with Crippen molar-refractivity contribution in [2.45, 2.75) is 6.10 Å². The average molecular weight is 289 g/mol. The number of hydrogen-bond acceptors (Lipinski definition) is 1. The Labute approximate surface area is 113 Å². The van der Waals surface area contributed by atoms with Gasteiger partial charge >= 0.3 is 0 Å². The third-order valence-electron chi connectivity index (χ3n) is 2.55. The molecule has 0 amide bonds. The first kappa shape index (κ1) is 13.3. The molecule has 0 spiro atoms. The zero-order valence-corrected chi connectivity index (χ0v) is 10.5. The van der Waals surface area contributed by atoms with E-state index in [4.69, 9.17) is 23.2 Å². The third kappa shape index (κ3) is 2.34. The van der Waals surface area contributed by atoms with Crippen LogP contribution < -0.4 is 0 Å². The van der Waals surface area contributed by atoms with E-state index >= 15 is 0 Å². The molecule has 0 radical (unpaired) electrons. The van der Waals surface area contributed by atoms with Crippen LogP contribution in [-0.2, 0) is 0 Å². The lowest BCUT2D eigenvalue weighted by Crippen LogP contribution is -2.07. The Balaban J connectivity index is 2.58. The van der Waals surface area contributed by atoms with E-state index in [-0.39, 0.29) is 15.6 Å². The predicted octanol–water partition coefficient (Wildman–Crippen LogP) is 4.35. The highest BCUT2D eigenvalue weighted by Crippen LogP contribution is 2.35. The standard InChI is InChI=1S/C13H8Cl2F2O/c14-7-3-1-4-8(15)11(7)13(18)12-9(16)5-2-6-10(12)17/h1-6,13,18H. The summed E-state index contributed by atoms with van der Waals surface area (Å²) in [6, 6.07) is 7.90. The molecule has 0 aliphatic carbocycles. The van der Waals surface area contributed by atoms with Crippen molar-refractivity contribution < 1.29 is 13.9 Å². The second kappa shape index (κ2) is 5.22. The Morgan fingerprint density at radius 1 is 0.833 bits per heavy atom. The summed E-state index contributed by atoms with van der Waals surface area (Å²) in [4.78, 5) is 0. The monoisotopic (exact) mass is 288 g/mol. The molecule has 0 saturated heterocycles. The smallest absolute Gasteiger partial charge is 0.132 e. The number of rotatable bonds is 2. The van der Waals surface area contributed by atoms with Crippen molar-refractivity contribution >= 4 is 23.2 Å². The quantitative estimate of drug-likeness (QED) is 0.871. The topological polar surface area (TPSA) is 20.2 Å². The SMILES string of the molecule is OC(c1c(F)cccc1F)c1c(Cl)cccc1Cl. The Bertz CT molecular complexity index is 495. The van der Waals surface area contributed by atoms with Crippen LogP contribution in [0.15, 0.2) is 36.4 Å². The fourth-order valence-electron chi connectivity index (χ4n) is 1.69. The third-order valence-corrected chi connectivity index (χ3v) is 3.21. The largest absolute Gasteiger partial charge is 0.383 e. The van der Waals surface area contributed by atoms with Gasteiger partial charge in [0.05, 0.1) is 5.56 Å². The van der Waals surface area contributed by atoms with Gasteiger partial charge in [-0.25, -0.2) is 8.78 Å². The molecule has 1 unspecified atom stereocenters. The van der Waals surface area contributed by atoms with Crippen molar-refractivity contribution in [3.8, 4) is 0 Å². The zero-order chi connectivity index (χ0) is 13.3. The first-order chi connectivity index (χ1) is 8.52. The second-order valence-corrected chi connectivity index (χ2v) is 4.49. The molecular weight excluding hydrogens is 281 g/mol. The van der Waals surface area contributed by atoms with Gasteiger partial charge in [-0.3, -0.25) is 0 Å². The maximum absolute atomic E-state index is 13.6. The van der Waals surface area contributed by atoms with E-state index in [1.54, 1.807) is 6.07 Å². The van der Waals surface area contributed by atoms with Crippen LogP contribution in [0.4, 0.5) is 8.78 Å². The summed E-state index contributed by atoms with van der Waals surface area (Å²) < 4.78 is 27.1. The first-order valence-corrected chi connectivity index (χ1v) is 5.84. The normalized spacial score (nSPS) is 12.5. The van der Waals surface area contributed by atoms with Gasteiger partial charge in [0.15, 0.2) is 0 Å². The number of benzene rings is 2.